The molecule has 24 heavy (non-hydrogen) atoms. The van der Waals surface area contributed by atoms with Gasteiger partial charge in [0, 0.05) is 19.6 Å². The van der Waals surface area contributed by atoms with E-state index in [2.05, 4.69) is 30.0 Å². The van der Waals surface area contributed by atoms with Crippen molar-refractivity contribution in [3.05, 3.63) is 65.0 Å². The summed E-state index contributed by atoms with van der Waals surface area (Å²) in [4.78, 5) is 16.5. The molecule has 0 bridgehead atoms. The SMILES string of the molecule is Cc1cccc(CN2CCN(c3cc(C)ccc3F)C(=O)C2C)c1. The topological polar surface area (TPSA) is 23.6 Å². The molecule has 1 heterocycles. The molecule has 0 radical (unpaired) electrons. The maximum absolute atomic E-state index is 14.1. The Morgan fingerprint density at radius 1 is 1.08 bits per heavy atom. The summed E-state index contributed by atoms with van der Waals surface area (Å²) in [6, 6.07) is 13.0. The molecular formula is C20H23FN2O. The van der Waals surface area contributed by atoms with Crippen molar-refractivity contribution >= 4 is 11.6 Å². The van der Waals surface area contributed by atoms with Gasteiger partial charge in [0.15, 0.2) is 0 Å². The molecule has 1 aliphatic rings. The van der Waals surface area contributed by atoms with Gasteiger partial charge in [-0.15, -0.1) is 0 Å². The fourth-order valence-electron chi connectivity index (χ4n) is 3.24. The lowest BCUT2D eigenvalue weighted by Crippen LogP contribution is -2.55. The van der Waals surface area contributed by atoms with Crippen LogP contribution in [0.5, 0.6) is 0 Å². The number of hydrogen-bond donors (Lipinski definition) is 0. The van der Waals surface area contributed by atoms with E-state index in [-0.39, 0.29) is 17.8 Å². The number of hydrogen-bond acceptors (Lipinski definition) is 2. The molecule has 1 saturated heterocycles. The monoisotopic (exact) mass is 326 g/mol. The Balaban J connectivity index is 1.77. The molecule has 1 aliphatic heterocycles. The third-order valence-electron chi connectivity index (χ3n) is 4.64. The van der Waals surface area contributed by atoms with Crippen LogP contribution in [0.25, 0.3) is 0 Å². The second-order valence-electron chi connectivity index (χ2n) is 6.58. The van der Waals surface area contributed by atoms with E-state index in [0.29, 0.717) is 12.2 Å². The number of anilines is 1. The van der Waals surface area contributed by atoms with Crippen LogP contribution in [0.1, 0.15) is 23.6 Å². The molecule has 1 unspecified atom stereocenters. The Kier molecular flexibility index (Phi) is 4.67. The van der Waals surface area contributed by atoms with E-state index in [1.807, 2.05) is 19.9 Å². The Morgan fingerprint density at radius 3 is 2.58 bits per heavy atom. The van der Waals surface area contributed by atoms with E-state index < -0.39 is 0 Å². The Labute approximate surface area is 142 Å². The number of aryl methyl sites for hydroxylation is 2. The fraction of sp³-hybridized carbons (Fsp3) is 0.350. The zero-order chi connectivity index (χ0) is 17.3. The van der Waals surface area contributed by atoms with Crippen LogP contribution in [0.4, 0.5) is 10.1 Å². The van der Waals surface area contributed by atoms with Gasteiger partial charge in [-0.05, 0) is 44.0 Å². The molecule has 1 fully saturated rings. The molecule has 2 aromatic carbocycles. The van der Waals surface area contributed by atoms with E-state index in [0.717, 1.165) is 18.7 Å². The average Bonchev–Trinajstić information content (AvgIpc) is 2.55. The molecule has 4 heteroatoms. The van der Waals surface area contributed by atoms with E-state index >= 15 is 0 Å². The third kappa shape index (κ3) is 3.34. The van der Waals surface area contributed by atoms with Crippen LogP contribution in [0.3, 0.4) is 0 Å². The Morgan fingerprint density at radius 2 is 1.83 bits per heavy atom. The highest BCUT2D eigenvalue weighted by atomic mass is 19.1. The van der Waals surface area contributed by atoms with E-state index in [9.17, 15) is 9.18 Å². The summed E-state index contributed by atoms with van der Waals surface area (Å²) >= 11 is 0. The maximum Gasteiger partial charge on any atom is 0.244 e. The number of amides is 1. The normalized spacial score (nSPS) is 18.9. The zero-order valence-electron chi connectivity index (χ0n) is 14.4. The lowest BCUT2D eigenvalue weighted by molar-refractivity contribution is -0.125. The second kappa shape index (κ2) is 6.73. The molecule has 2 aromatic rings. The minimum absolute atomic E-state index is 0.0431. The smallest absolute Gasteiger partial charge is 0.244 e. The maximum atomic E-state index is 14.1. The first kappa shape index (κ1) is 16.7. The van der Waals surface area contributed by atoms with Gasteiger partial charge >= 0.3 is 0 Å². The molecule has 0 saturated carbocycles. The number of benzene rings is 2. The summed E-state index contributed by atoms with van der Waals surface area (Å²) in [5.41, 5.74) is 3.76. The summed E-state index contributed by atoms with van der Waals surface area (Å²) in [5.74, 6) is -0.383. The zero-order valence-corrected chi connectivity index (χ0v) is 14.4. The van der Waals surface area contributed by atoms with E-state index in [1.54, 1.807) is 17.0 Å². The number of piperazine rings is 1. The van der Waals surface area contributed by atoms with Gasteiger partial charge in [0.25, 0.3) is 0 Å². The van der Waals surface area contributed by atoms with Crippen molar-refractivity contribution in [3.8, 4) is 0 Å². The third-order valence-corrected chi connectivity index (χ3v) is 4.64. The molecule has 0 aliphatic carbocycles. The van der Waals surface area contributed by atoms with E-state index in [4.69, 9.17) is 0 Å². The predicted molar refractivity (Wildman–Crippen MR) is 94.5 cm³/mol. The Hall–Kier alpha value is -2.20. The van der Waals surface area contributed by atoms with Crippen molar-refractivity contribution in [2.24, 2.45) is 0 Å². The second-order valence-corrected chi connectivity index (χ2v) is 6.58. The van der Waals surface area contributed by atoms with Gasteiger partial charge in [-0.2, -0.15) is 0 Å². The fourth-order valence-corrected chi connectivity index (χ4v) is 3.24. The average molecular weight is 326 g/mol. The van der Waals surface area contributed by atoms with Crippen LogP contribution >= 0.6 is 0 Å². The first-order chi connectivity index (χ1) is 11.5. The van der Waals surface area contributed by atoms with E-state index in [1.165, 1.54) is 17.2 Å². The lowest BCUT2D eigenvalue weighted by atomic mass is 10.1. The van der Waals surface area contributed by atoms with Crippen molar-refractivity contribution in [2.45, 2.75) is 33.4 Å². The predicted octanol–water partition coefficient (Wildman–Crippen LogP) is 3.68. The minimum Gasteiger partial charge on any atom is -0.307 e. The number of rotatable bonds is 3. The van der Waals surface area contributed by atoms with Crippen LogP contribution in [-0.4, -0.2) is 29.9 Å². The minimum atomic E-state index is -0.340. The highest BCUT2D eigenvalue weighted by Crippen LogP contribution is 2.25. The molecule has 1 atom stereocenters. The highest BCUT2D eigenvalue weighted by Gasteiger charge is 2.33. The summed E-state index contributed by atoms with van der Waals surface area (Å²) in [5, 5.41) is 0. The van der Waals surface area contributed by atoms with Gasteiger partial charge in [0.05, 0.1) is 11.7 Å². The molecule has 126 valence electrons. The van der Waals surface area contributed by atoms with Gasteiger partial charge < -0.3 is 4.90 Å². The first-order valence-electron chi connectivity index (χ1n) is 8.33. The highest BCUT2D eigenvalue weighted by molar-refractivity contribution is 5.97. The first-order valence-corrected chi connectivity index (χ1v) is 8.33. The van der Waals surface area contributed by atoms with Crippen LogP contribution in [0.15, 0.2) is 42.5 Å². The molecular weight excluding hydrogens is 303 g/mol. The van der Waals surface area contributed by atoms with Crippen LogP contribution in [0, 0.1) is 19.7 Å². The molecule has 3 rings (SSSR count). The quantitative estimate of drug-likeness (QED) is 0.859. The largest absolute Gasteiger partial charge is 0.307 e. The number of carbonyl (C=O) groups excluding carboxylic acids is 1. The standard InChI is InChI=1S/C20H23FN2O/c1-14-5-4-6-17(11-14)13-22-9-10-23(20(24)16(22)3)19-12-15(2)7-8-18(19)21/h4-8,11-12,16H,9-10,13H2,1-3H3. The van der Waals surface area contributed by atoms with Crippen LogP contribution in [-0.2, 0) is 11.3 Å². The summed E-state index contributed by atoms with van der Waals surface area (Å²) in [6.45, 7) is 7.85. The van der Waals surface area contributed by atoms with Gasteiger partial charge in [-0.1, -0.05) is 35.9 Å². The van der Waals surface area contributed by atoms with Gasteiger partial charge in [-0.3, -0.25) is 9.69 Å². The molecule has 0 spiro atoms. The van der Waals surface area contributed by atoms with Crippen LogP contribution < -0.4 is 4.90 Å². The summed E-state index contributed by atoms with van der Waals surface area (Å²) in [6.07, 6.45) is 0. The van der Waals surface area contributed by atoms with Gasteiger partial charge in [0.1, 0.15) is 5.82 Å². The van der Waals surface area contributed by atoms with Crippen LogP contribution in [0.2, 0.25) is 0 Å². The Bertz CT molecular complexity index is 759. The molecule has 3 nitrogen and oxygen atoms in total. The molecule has 0 aromatic heterocycles. The number of nitrogens with zero attached hydrogens (tertiary/aromatic N) is 2. The number of halogens is 1. The molecule has 0 N–H and O–H groups in total. The van der Waals surface area contributed by atoms with Gasteiger partial charge in [0.2, 0.25) is 5.91 Å². The van der Waals surface area contributed by atoms with Crippen molar-refractivity contribution < 1.29 is 9.18 Å². The lowest BCUT2D eigenvalue weighted by Gasteiger charge is -2.39. The van der Waals surface area contributed by atoms with Crippen molar-refractivity contribution in [2.75, 3.05) is 18.0 Å². The van der Waals surface area contributed by atoms with Crippen molar-refractivity contribution in [1.82, 2.24) is 4.90 Å². The molecule has 1 amide bonds. The number of carbonyl (C=O) groups is 1. The summed E-state index contributed by atoms with van der Waals surface area (Å²) < 4.78 is 14.1. The van der Waals surface area contributed by atoms with Crippen molar-refractivity contribution in [3.63, 3.8) is 0 Å². The van der Waals surface area contributed by atoms with Crippen molar-refractivity contribution in [1.29, 1.82) is 0 Å². The summed E-state index contributed by atoms with van der Waals surface area (Å²) in [7, 11) is 0. The van der Waals surface area contributed by atoms with Gasteiger partial charge in [-0.25, -0.2) is 4.39 Å².